The summed E-state index contributed by atoms with van der Waals surface area (Å²) in [6.45, 7) is 0.961. The molecule has 2 N–H and O–H groups in total. The molecule has 2 aliphatic rings. The maximum absolute atomic E-state index is 13.1. The molecule has 0 spiro atoms. The van der Waals surface area contributed by atoms with Gasteiger partial charge in [0.05, 0.1) is 5.92 Å². The molecule has 134 valence electrons. The van der Waals surface area contributed by atoms with Crippen LogP contribution in [0.3, 0.4) is 0 Å². The van der Waals surface area contributed by atoms with E-state index >= 15 is 0 Å². The predicted octanol–water partition coefficient (Wildman–Crippen LogP) is 2.28. The van der Waals surface area contributed by atoms with Gasteiger partial charge in [0.25, 0.3) is 5.91 Å². The molecule has 2 aromatic heterocycles. The monoisotopic (exact) mass is 352 g/mol. The lowest BCUT2D eigenvalue weighted by molar-refractivity contribution is 0.0783. The van der Waals surface area contributed by atoms with E-state index in [1.165, 1.54) is 0 Å². The summed E-state index contributed by atoms with van der Waals surface area (Å²) in [7, 11) is 0. The SMILES string of the molecule is O=C(c1cccc2[nH]ccc12)N1C[C@@H](CO)[C@H](c2nc(C3CC3)no2)C1. The van der Waals surface area contributed by atoms with E-state index in [1.54, 1.807) is 4.90 Å². The minimum Gasteiger partial charge on any atom is -0.396 e. The normalized spacial score (nSPS) is 23.0. The topological polar surface area (TPSA) is 95.2 Å². The van der Waals surface area contributed by atoms with E-state index in [-0.39, 0.29) is 24.3 Å². The molecule has 2 fully saturated rings. The van der Waals surface area contributed by atoms with Crippen LogP contribution >= 0.6 is 0 Å². The van der Waals surface area contributed by atoms with Crippen LogP contribution in [0.4, 0.5) is 0 Å². The number of fused-ring (bicyclic) bond motifs is 1. The van der Waals surface area contributed by atoms with Gasteiger partial charge in [-0.15, -0.1) is 0 Å². The van der Waals surface area contributed by atoms with Crippen molar-refractivity contribution in [3.63, 3.8) is 0 Å². The third-order valence-electron chi connectivity index (χ3n) is 5.51. The molecule has 1 amide bonds. The number of nitrogens with zero attached hydrogens (tertiary/aromatic N) is 3. The van der Waals surface area contributed by atoms with Gasteiger partial charge in [0, 0.05) is 54.2 Å². The lowest BCUT2D eigenvalue weighted by Gasteiger charge is -2.16. The number of aliphatic hydroxyl groups excluding tert-OH is 1. The van der Waals surface area contributed by atoms with E-state index in [2.05, 4.69) is 15.1 Å². The Kier molecular flexibility index (Phi) is 3.56. The number of hydrogen-bond donors (Lipinski definition) is 2. The molecule has 1 aliphatic carbocycles. The van der Waals surface area contributed by atoms with Gasteiger partial charge in [0.2, 0.25) is 5.89 Å². The van der Waals surface area contributed by atoms with E-state index < -0.39 is 0 Å². The zero-order valence-corrected chi connectivity index (χ0v) is 14.3. The molecule has 26 heavy (non-hydrogen) atoms. The number of aromatic nitrogens is 3. The molecule has 2 atom stereocenters. The van der Waals surface area contributed by atoms with Crippen molar-refractivity contribution in [3.8, 4) is 0 Å². The van der Waals surface area contributed by atoms with Gasteiger partial charge in [0.15, 0.2) is 5.82 Å². The van der Waals surface area contributed by atoms with E-state index in [1.807, 2.05) is 30.5 Å². The van der Waals surface area contributed by atoms with Gasteiger partial charge < -0.3 is 19.5 Å². The highest BCUT2D eigenvalue weighted by atomic mass is 16.5. The van der Waals surface area contributed by atoms with Gasteiger partial charge in [-0.25, -0.2) is 0 Å². The fourth-order valence-electron chi connectivity index (χ4n) is 3.85. The molecule has 0 bridgehead atoms. The van der Waals surface area contributed by atoms with Gasteiger partial charge in [-0.05, 0) is 31.0 Å². The number of carbonyl (C=O) groups is 1. The van der Waals surface area contributed by atoms with E-state index in [0.29, 0.717) is 30.5 Å². The van der Waals surface area contributed by atoms with Gasteiger partial charge >= 0.3 is 0 Å². The van der Waals surface area contributed by atoms with Crippen LogP contribution in [0.1, 0.15) is 46.8 Å². The standard InChI is InChI=1S/C19H20N4O3/c24-10-12-8-23(9-15(12)18-21-17(22-26-18)11-4-5-11)19(25)14-2-1-3-16-13(14)6-7-20-16/h1-3,6-7,11-12,15,20,24H,4-5,8-10H2/t12-,15+/m0/s1. The number of carbonyl (C=O) groups excluding carboxylic acids is 1. The quantitative estimate of drug-likeness (QED) is 0.751. The summed E-state index contributed by atoms with van der Waals surface area (Å²) < 4.78 is 5.46. The maximum Gasteiger partial charge on any atom is 0.254 e. The summed E-state index contributed by atoms with van der Waals surface area (Å²) >= 11 is 0. The second-order valence-electron chi connectivity index (χ2n) is 7.27. The van der Waals surface area contributed by atoms with Crippen molar-refractivity contribution in [3.05, 3.63) is 47.7 Å². The average molecular weight is 352 g/mol. The van der Waals surface area contributed by atoms with Crippen molar-refractivity contribution >= 4 is 16.8 Å². The van der Waals surface area contributed by atoms with E-state index in [9.17, 15) is 9.90 Å². The molecule has 7 nitrogen and oxygen atoms in total. The fourth-order valence-corrected chi connectivity index (χ4v) is 3.85. The Balaban J connectivity index is 1.41. The van der Waals surface area contributed by atoms with Crippen molar-refractivity contribution < 1.29 is 14.4 Å². The van der Waals surface area contributed by atoms with Crippen molar-refractivity contribution in [2.45, 2.75) is 24.7 Å². The Morgan fingerprint density at radius 3 is 3.00 bits per heavy atom. The number of aliphatic hydroxyl groups is 1. The van der Waals surface area contributed by atoms with Crippen LogP contribution in [0.25, 0.3) is 10.9 Å². The first kappa shape index (κ1) is 15.6. The first-order valence-corrected chi connectivity index (χ1v) is 9.04. The van der Waals surface area contributed by atoms with Crippen molar-refractivity contribution in [1.82, 2.24) is 20.0 Å². The second-order valence-corrected chi connectivity index (χ2v) is 7.27. The molecule has 7 heteroatoms. The summed E-state index contributed by atoms with van der Waals surface area (Å²) in [5.41, 5.74) is 1.61. The lowest BCUT2D eigenvalue weighted by atomic mass is 9.97. The number of likely N-dealkylation sites (tertiary alicyclic amines) is 1. The van der Waals surface area contributed by atoms with Crippen molar-refractivity contribution in [2.24, 2.45) is 5.92 Å². The summed E-state index contributed by atoms with van der Waals surface area (Å²) in [4.78, 5) is 22.5. The molecule has 0 unspecified atom stereocenters. The Bertz CT molecular complexity index is 959. The Morgan fingerprint density at radius 2 is 2.19 bits per heavy atom. The Labute approximate surface area is 150 Å². The lowest BCUT2D eigenvalue weighted by Crippen LogP contribution is -2.29. The first-order valence-electron chi connectivity index (χ1n) is 9.04. The molecule has 3 heterocycles. The predicted molar refractivity (Wildman–Crippen MR) is 93.8 cm³/mol. The Morgan fingerprint density at radius 1 is 1.31 bits per heavy atom. The van der Waals surface area contributed by atoms with Gasteiger partial charge in [0.1, 0.15) is 0 Å². The molecular formula is C19H20N4O3. The number of amides is 1. The van der Waals surface area contributed by atoms with Gasteiger partial charge in [-0.1, -0.05) is 11.2 Å². The molecule has 1 aliphatic heterocycles. The molecule has 3 aromatic rings. The molecular weight excluding hydrogens is 332 g/mol. The van der Waals surface area contributed by atoms with Crippen LogP contribution in [-0.4, -0.2) is 50.7 Å². The minimum atomic E-state index is -0.116. The number of rotatable bonds is 4. The van der Waals surface area contributed by atoms with Crippen LogP contribution in [0.2, 0.25) is 0 Å². The largest absolute Gasteiger partial charge is 0.396 e. The van der Waals surface area contributed by atoms with Crippen LogP contribution in [0.15, 0.2) is 35.0 Å². The molecule has 1 aromatic carbocycles. The highest BCUT2D eigenvalue weighted by Gasteiger charge is 2.40. The fraction of sp³-hybridized carbons (Fsp3) is 0.421. The molecule has 1 saturated carbocycles. The highest BCUT2D eigenvalue weighted by Crippen LogP contribution is 2.40. The number of nitrogens with one attached hydrogen (secondary N) is 1. The number of H-pyrrole nitrogens is 1. The summed E-state index contributed by atoms with van der Waals surface area (Å²) in [5.74, 6) is 1.49. The van der Waals surface area contributed by atoms with Gasteiger partial charge in [-0.2, -0.15) is 4.98 Å². The third kappa shape index (κ3) is 2.50. The van der Waals surface area contributed by atoms with Crippen LogP contribution in [-0.2, 0) is 0 Å². The maximum atomic E-state index is 13.1. The number of aromatic amines is 1. The first-order chi connectivity index (χ1) is 12.7. The van der Waals surface area contributed by atoms with Crippen LogP contribution < -0.4 is 0 Å². The van der Waals surface area contributed by atoms with E-state index in [0.717, 1.165) is 29.6 Å². The van der Waals surface area contributed by atoms with Gasteiger partial charge in [-0.3, -0.25) is 4.79 Å². The highest BCUT2D eigenvalue weighted by molar-refractivity contribution is 6.06. The van der Waals surface area contributed by atoms with Crippen LogP contribution in [0.5, 0.6) is 0 Å². The summed E-state index contributed by atoms with van der Waals surface area (Å²) in [6.07, 6.45) is 4.05. The smallest absolute Gasteiger partial charge is 0.254 e. The third-order valence-corrected chi connectivity index (χ3v) is 5.51. The second kappa shape index (κ2) is 5.95. The average Bonchev–Trinajstić information content (AvgIpc) is 3.09. The zero-order valence-electron chi connectivity index (χ0n) is 14.3. The molecule has 5 rings (SSSR count). The van der Waals surface area contributed by atoms with E-state index in [4.69, 9.17) is 4.52 Å². The van der Waals surface area contributed by atoms with Crippen LogP contribution in [0, 0.1) is 5.92 Å². The molecule has 0 radical (unpaired) electrons. The summed E-state index contributed by atoms with van der Waals surface area (Å²) in [6, 6.07) is 7.59. The van der Waals surface area contributed by atoms with Crippen molar-refractivity contribution in [2.75, 3.05) is 19.7 Å². The minimum absolute atomic E-state index is 0.00998. The number of hydrogen-bond acceptors (Lipinski definition) is 5. The summed E-state index contributed by atoms with van der Waals surface area (Å²) in [5, 5.41) is 14.8. The van der Waals surface area contributed by atoms with Crippen molar-refractivity contribution in [1.29, 1.82) is 0 Å². The number of benzene rings is 1. The zero-order chi connectivity index (χ0) is 17.7. The molecule has 1 saturated heterocycles. The Hall–Kier alpha value is -2.67.